The maximum atomic E-state index is 14.3. The van der Waals surface area contributed by atoms with Gasteiger partial charge in [0.1, 0.15) is 17.5 Å². The molecular formula is C48H73N6O10P. The molecule has 0 spiro atoms. The summed E-state index contributed by atoms with van der Waals surface area (Å²) in [7, 11) is 4.01. The summed E-state index contributed by atoms with van der Waals surface area (Å²) in [6, 6.07) is 13.1. The van der Waals surface area contributed by atoms with Gasteiger partial charge in [-0.2, -0.15) is 0 Å². The molecule has 1 aliphatic heterocycles. The summed E-state index contributed by atoms with van der Waals surface area (Å²) in [5.41, 5.74) is 1.47. The molecule has 3 N–H and O–H groups in total. The maximum absolute atomic E-state index is 14.3. The molecule has 0 bridgehead atoms. The van der Waals surface area contributed by atoms with Crippen LogP contribution in [0.15, 0.2) is 60.8 Å². The molecule has 0 aliphatic carbocycles. The van der Waals surface area contributed by atoms with Crippen LogP contribution in [0.5, 0.6) is 11.5 Å². The molecule has 65 heavy (non-hydrogen) atoms. The summed E-state index contributed by atoms with van der Waals surface area (Å²) in [6.07, 6.45) is 3.02. The molecule has 1 fully saturated rings. The number of pyridine rings is 1. The molecule has 2 aromatic carbocycles. The van der Waals surface area contributed by atoms with Crippen molar-refractivity contribution in [1.29, 1.82) is 0 Å². The summed E-state index contributed by atoms with van der Waals surface area (Å²) in [6.45, 7) is 14.5. The average Bonchev–Trinajstić information content (AvgIpc) is 3.75. The van der Waals surface area contributed by atoms with Gasteiger partial charge in [0.25, 0.3) is 0 Å². The average molecular weight is 925 g/mol. The minimum absolute atomic E-state index is 0.0139. The summed E-state index contributed by atoms with van der Waals surface area (Å²) in [4.78, 5) is 75.7. The number of nitrogens with one attached hydrogen (secondary N) is 2. The molecule has 9 atom stereocenters. The molecule has 16 nitrogen and oxygen atoms in total. The minimum Gasteiger partial charge on any atom is -0.395 e. The first kappa shape index (κ1) is 53.0. The van der Waals surface area contributed by atoms with Gasteiger partial charge in [-0.15, -0.1) is 0 Å². The van der Waals surface area contributed by atoms with Crippen LogP contribution in [-0.2, 0) is 39.6 Å². The first-order valence-electron chi connectivity index (χ1n) is 22.8. The zero-order chi connectivity index (χ0) is 48.2. The lowest BCUT2D eigenvalue weighted by atomic mass is 9.89. The van der Waals surface area contributed by atoms with E-state index in [1.807, 2.05) is 60.5 Å². The molecule has 1 saturated heterocycles. The first-order chi connectivity index (χ1) is 30.7. The van der Waals surface area contributed by atoms with Crippen molar-refractivity contribution in [2.24, 2.45) is 23.7 Å². The molecule has 1 aliphatic rings. The Morgan fingerprint density at radius 3 is 2.20 bits per heavy atom. The second kappa shape index (κ2) is 24.3. The number of likely N-dealkylation sites (tertiary alicyclic amines) is 1. The Bertz CT molecular complexity index is 2070. The van der Waals surface area contributed by atoms with Crippen LogP contribution in [-0.4, -0.2) is 133 Å². The number of ether oxygens (including phenoxy) is 2. The van der Waals surface area contributed by atoms with E-state index in [0.29, 0.717) is 36.8 Å². The fourth-order valence-corrected chi connectivity index (χ4v) is 9.88. The highest BCUT2D eigenvalue weighted by molar-refractivity contribution is 7.48. The van der Waals surface area contributed by atoms with Crippen molar-refractivity contribution in [1.82, 2.24) is 30.3 Å². The van der Waals surface area contributed by atoms with Crippen molar-refractivity contribution in [3.8, 4) is 11.5 Å². The van der Waals surface area contributed by atoms with Crippen molar-refractivity contribution in [3.63, 3.8) is 0 Å². The Morgan fingerprint density at radius 1 is 0.908 bits per heavy atom. The van der Waals surface area contributed by atoms with E-state index in [1.165, 1.54) is 0 Å². The Labute approximate surface area is 385 Å². The fraction of sp³-hybridized carbons (Fsp3) is 0.604. The molecular weight excluding hydrogens is 852 g/mol. The molecule has 3 aromatic rings. The number of aromatic nitrogens is 1. The van der Waals surface area contributed by atoms with Gasteiger partial charge in [0.15, 0.2) is 0 Å². The van der Waals surface area contributed by atoms with Gasteiger partial charge in [-0.25, -0.2) is 4.57 Å². The predicted octanol–water partition coefficient (Wildman–Crippen LogP) is 6.10. The third kappa shape index (κ3) is 14.0. The third-order valence-electron chi connectivity index (χ3n) is 12.6. The van der Waals surface area contributed by atoms with Gasteiger partial charge < -0.3 is 39.0 Å². The number of hydrogen-bond donors (Lipinski definition) is 3. The van der Waals surface area contributed by atoms with Crippen LogP contribution in [0.4, 0.5) is 0 Å². The number of nitrogens with zero attached hydrogens (tertiary/aromatic N) is 4. The monoisotopic (exact) mass is 925 g/mol. The Balaban J connectivity index is 1.36. The number of likely N-dealkylation sites (N-methyl/N-ethyl adjacent to an activating group) is 2. The fourth-order valence-electron chi connectivity index (χ4n) is 9.05. The molecule has 1 aromatic heterocycles. The topological polar surface area (TPSA) is 189 Å². The predicted molar refractivity (Wildman–Crippen MR) is 251 cm³/mol. The SMILES string of the molecule is CC[C@H](C)[C@@H]([C@@H](CC(=O)N1CCC[C@H]1[C@H](OC)[C@@H](C)C(=O)NCCc1ccc(OP(=O)(O)Oc2cccc3ncccc23)cc1)OC)N(C)C(=O)[C@@H](NC(=O)[C@H](C(C)C)N(C)C)C(C)C. The molecule has 17 heteroatoms. The summed E-state index contributed by atoms with van der Waals surface area (Å²) in [5, 5.41) is 6.62. The number of fused-ring (bicyclic) bond motifs is 1. The number of phosphoric ester groups is 1. The second-order valence-corrected chi connectivity index (χ2v) is 19.4. The lowest BCUT2D eigenvalue weighted by Crippen LogP contribution is -2.59. The van der Waals surface area contributed by atoms with Crippen molar-refractivity contribution in [2.45, 2.75) is 117 Å². The van der Waals surface area contributed by atoms with E-state index in [2.05, 4.69) is 15.6 Å². The summed E-state index contributed by atoms with van der Waals surface area (Å²) in [5.74, 6) is -1.29. The highest BCUT2D eigenvalue weighted by atomic mass is 31.2. The van der Waals surface area contributed by atoms with E-state index in [0.717, 1.165) is 18.4 Å². The van der Waals surface area contributed by atoms with E-state index >= 15 is 0 Å². The number of rotatable bonds is 24. The van der Waals surface area contributed by atoms with E-state index in [1.54, 1.807) is 98.8 Å². The lowest BCUT2D eigenvalue weighted by molar-refractivity contribution is -0.148. The van der Waals surface area contributed by atoms with Crippen molar-refractivity contribution in [3.05, 3.63) is 66.4 Å². The zero-order valence-corrected chi connectivity index (χ0v) is 41.2. The molecule has 0 radical (unpaired) electrons. The molecule has 1 unspecified atom stereocenters. The minimum atomic E-state index is -4.53. The normalized spacial score (nSPS) is 18.3. The van der Waals surface area contributed by atoms with E-state index in [9.17, 15) is 28.6 Å². The van der Waals surface area contributed by atoms with Crippen molar-refractivity contribution >= 4 is 42.4 Å². The molecule has 4 amide bonds. The van der Waals surface area contributed by atoms with Gasteiger partial charge in [0.2, 0.25) is 23.6 Å². The Hall–Kier alpha value is -4.60. The number of carbonyl (C=O) groups excluding carboxylic acids is 4. The van der Waals surface area contributed by atoms with Gasteiger partial charge >= 0.3 is 7.82 Å². The van der Waals surface area contributed by atoms with E-state index in [-0.39, 0.29) is 65.3 Å². The summed E-state index contributed by atoms with van der Waals surface area (Å²) < 4.78 is 35.6. The number of methoxy groups -OCH3 is 2. The standard InChI is InChI=1S/C48H73N6O10P/c1-13-32(6)44(53(10)48(58)42(30(2)3)51-47(57)43(31(4)5)52(8)9)40(61-11)29-41(55)54-28-16-19-38(54)45(62-12)33(7)46(56)50-27-25-34-21-23-35(24-22-34)63-65(59,60)64-39-20-14-18-37-36(39)17-15-26-49-37/h14-15,17-18,20-24,26,30-33,38,40,42-45H,13,16,19,25,27-29H2,1-12H3,(H,50,56)(H,51,57)(H,59,60)/t32-,33+,38-,40+,42-,43-,44-,45+/m0/s1. The number of amides is 4. The molecule has 2 heterocycles. The highest BCUT2D eigenvalue weighted by Crippen LogP contribution is 2.46. The summed E-state index contributed by atoms with van der Waals surface area (Å²) >= 11 is 0. The molecule has 0 saturated carbocycles. The van der Waals surface area contributed by atoms with Crippen LogP contribution in [0.3, 0.4) is 0 Å². The van der Waals surface area contributed by atoms with Crippen LogP contribution in [0.1, 0.15) is 79.7 Å². The zero-order valence-electron chi connectivity index (χ0n) is 40.4. The number of benzene rings is 2. The van der Waals surface area contributed by atoms with Crippen LogP contribution < -0.4 is 19.7 Å². The van der Waals surface area contributed by atoms with Gasteiger partial charge in [0, 0.05) is 45.9 Å². The van der Waals surface area contributed by atoms with Crippen molar-refractivity contribution in [2.75, 3.05) is 48.5 Å². The third-order valence-corrected chi connectivity index (χ3v) is 13.5. The second-order valence-electron chi connectivity index (χ2n) is 18.1. The van der Waals surface area contributed by atoms with Gasteiger partial charge in [-0.05, 0) is 93.1 Å². The van der Waals surface area contributed by atoms with E-state index < -0.39 is 44.1 Å². The number of phosphoric acid groups is 1. The first-order valence-corrected chi connectivity index (χ1v) is 24.2. The van der Waals surface area contributed by atoms with Crippen LogP contribution in [0.2, 0.25) is 0 Å². The largest absolute Gasteiger partial charge is 0.584 e. The smallest absolute Gasteiger partial charge is 0.395 e. The van der Waals surface area contributed by atoms with E-state index in [4.69, 9.17) is 18.5 Å². The van der Waals surface area contributed by atoms with Crippen molar-refractivity contribution < 1.29 is 47.2 Å². The Kier molecular flexibility index (Phi) is 19.8. The lowest BCUT2D eigenvalue weighted by Gasteiger charge is -2.41. The van der Waals surface area contributed by atoms with Gasteiger partial charge in [-0.1, -0.05) is 73.1 Å². The quantitative estimate of drug-likeness (QED) is 0.0878. The van der Waals surface area contributed by atoms with Gasteiger partial charge in [-0.3, -0.25) is 34.0 Å². The van der Waals surface area contributed by atoms with Gasteiger partial charge in [0.05, 0.1) is 48.2 Å². The number of hydrogen-bond acceptors (Lipinski definition) is 11. The maximum Gasteiger partial charge on any atom is 0.584 e. The molecule has 360 valence electrons. The van der Waals surface area contributed by atoms with Crippen LogP contribution in [0, 0.1) is 23.7 Å². The van der Waals surface area contributed by atoms with Crippen LogP contribution >= 0.6 is 7.82 Å². The Morgan fingerprint density at radius 2 is 1.60 bits per heavy atom. The highest BCUT2D eigenvalue weighted by Gasteiger charge is 2.43. The molecule has 4 rings (SSSR count). The van der Waals surface area contributed by atoms with Crippen LogP contribution in [0.25, 0.3) is 10.9 Å². The number of carbonyl (C=O) groups is 4.